The van der Waals surface area contributed by atoms with Gasteiger partial charge in [-0.15, -0.1) is 0 Å². The molecule has 1 atom stereocenters. The van der Waals surface area contributed by atoms with Crippen molar-refractivity contribution in [1.82, 2.24) is 10.4 Å². The second kappa shape index (κ2) is 6.56. The molecule has 23 heavy (non-hydrogen) atoms. The summed E-state index contributed by atoms with van der Waals surface area (Å²) < 4.78 is 11.4. The Balaban J connectivity index is 1.77. The third-order valence-electron chi connectivity index (χ3n) is 3.54. The van der Waals surface area contributed by atoms with Crippen molar-refractivity contribution in [3.63, 3.8) is 0 Å². The number of benzene rings is 1. The summed E-state index contributed by atoms with van der Waals surface area (Å²) in [4.78, 5) is 14.7. The van der Waals surface area contributed by atoms with Crippen molar-refractivity contribution in [2.75, 3.05) is 6.61 Å². The third-order valence-corrected chi connectivity index (χ3v) is 3.54. The highest BCUT2D eigenvalue weighted by Crippen LogP contribution is 2.34. The standard InChI is InChI=1S/C17H19N3O3/c1-3-22-15-8-12-7-11(2)23-16(12)9-13(15)10-19-20-17(21)14-5-4-6-18-14/h4-6,8-11,18H,3,7H2,1-2H3,(H,20,21)/b19-10-/t11-/m0/s1. The number of ether oxygens (including phenoxy) is 2. The van der Waals surface area contributed by atoms with Gasteiger partial charge in [0.1, 0.15) is 23.3 Å². The van der Waals surface area contributed by atoms with Crippen molar-refractivity contribution in [1.29, 1.82) is 0 Å². The first-order valence-corrected chi connectivity index (χ1v) is 7.60. The van der Waals surface area contributed by atoms with E-state index in [0.717, 1.165) is 29.0 Å². The average Bonchev–Trinajstić information content (AvgIpc) is 3.16. The van der Waals surface area contributed by atoms with Gasteiger partial charge in [0.25, 0.3) is 5.91 Å². The molecule has 1 aliphatic rings. The molecular weight excluding hydrogens is 294 g/mol. The number of hydrogen-bond donors (Lipinski definition) is 2. The highest BCUT2D eigenvalue weighted by Gasteiger charge is 2.21. The third kappa shape index (κ3) is 3.36. The molecule has 0 unspecified atom stereocenters. The van der Waals surface area contributed by atoms with E-state index in [1.165, 1.54) is 0 Å². The maximum atomic E-state index is 11.8. The van der Waals surface area contributed by atoms with Crippen LogP contribution in [-0.4, -0.2) is 29.8 Å². The van der Waals surface area contributed by atoms with E-state index >= 15 is 0 Å². The average molecular weight is 313 g/mol. The van der Waals surface area contributed by atoms with E-state index in [1.807, 2.05) is 26.0 Å². The lowest BCUT2D eigenvalue weighted by molar-refractivity contribution is 0.0951. The van der Waals surface area contributed by atoms with Gasteiger partial charge in [-0.3, -0.25) is 4.79 Å². The largest absolute Gasteiger partial charge is 0.493 e. The quantitative estimate of drug-likeness (QED) is 0.658. The van der Waals surface area contributed by atoms with Gasteiger partial charge in [-0.1, -0.05) is 0 Å². The summed E-state index contributed by atoms with van der Waals surface area (Å²) >= 11 is 0. The maximum absolute atomic E-state index is 11.8. The number of hydrazone groups is 1. The van der Waals surface area contributed by atoms with Crippen LogP contribution in [0, 0.1) is 0 Å². The van der Waals surface area contributed by atoms with Gasteiger partial charge in [0.2, 0.25) is 0 Å². The number of H-pyrrole nitrogens is 1. The summed E-state index contributed by atoms with van der Waals surface area (Å²) in [5.41, 5.74) is 4.84. The second-order valence-electron chi connectivity index (χ2n) is 5.35. The summed E-state index contributed by atoms with van der Waals surface area (Å²) in [6.07, 6.45) is 4.29. The molecular formula is C17H19N3O3. The van der Waals surface area contributed by atoms with Crippen LogP contribution in [0.5, 0.6) is 11.5 Å². The zero-order chi connectivity index (χ0) is 16.2. The molecule has 0 spiro atoms. The van der Waals surface area contributed by atoms with Crippen LogP contribution in [0.15, 0.2) is 35.6 Å². The molecule has 1 aromatic heterocycles. The number of nitrogens with zero attached hydrogens (tertiary/aromatic N) is 1. The number of aromatic nitrogens is 1. The van der Waals surface area contributed by atoms with Gasteiger partial charge in [0.05, 0.1) is 12.8 Å². The number of fused-ring (bicyclic) bond motifs is 1. The number of aromatic amines is 1. The molecule has 0 aliphatic carbocycles. The molecule has 2 N–H and O–H groups in total. The molecule has 2 heterocycles. The fourth-order valence-corrected chi connectivity index (χ4v) is 2.53. The predicted molar refractivity (Wildman–Crippen MR) is 87.3 cm³/mol. The highest BCUT2D eigenvalue weighted by atomic mass is 16.5. The molecule has 0 radical (unpaired) electrons. The Morgan fingerprint density at radius 3 is 3.17 bits per heavy atom. The Morgan fingerprint density at radius 2 is 2.43 bits per heavy atom. The number of hydrogen-bond acceptors (Lipinski definition) is 4. The second-order valence-corrected chi connectivity index (χ2v) is 5.35. The smallest absolute Gasteiger partial charge is 0.287 e. The van der Waals surface area contributed by atoms with Crippen LogP contribution in [0.3, 0.4) is 0 Å². The minimum absolute atomic E-state index is 0.166. The Kier molecular flexibility index (Phi) is 4.32. The van der Waals surface area contributed by atoms with Crippen LogP contribution in [-0.2, 0) is 6.42 Å². The van der Waals surface area contributed by atoms with Crippen molar-refractivity contribution in [3.8, 4) is 11.5 Å². The topological polar surface area (TPSA) is 75.7 Å². The predicted octanol–water partition coefficient (Wildman–Crippen LogP) is 2.50. The summed E-state index contributed by atoms with van der Waals surface area (Å²) in [5.74, 6) is 1.29. The maximum Gasteiger partial charge on any atom is 0.287 e. The van der Waals surface area contributed by atoms with Gasteiger partial charge in [-0.25, -0.2) is 5.43 Å². The Labute approximate surface area is 134 Å². The highest BCUT2D eigenvalue weighted by molar-refractivity contribution is 5.93. The van der Waals surface area contributed by atoms with E-state index < -0.39 is 0 Å². The zero-order valence-corrected chi connectivity index (χ0v) is 13.1. The lowest BCUT2D eigenvalue weighted by Gasteiger charge is -2.09. The normalized spacial score (nSPS) is 16.2. The monoisotopic (exact) mass is 313 g/mol. The first-order chi connectivity index (χ1) is 11.2. The van der Waals surface area contributed by atoms with Crippen LogP contribution >= 0.6 is 0 Å². The minimum Gasteiger partial charge on any atom is -0.493 e. The molecule has 120 valence electrons. The van der Waals surface area contributed by atoms with Crippen molar-refractivity contribution in [2.24, 2.45) is 5.10 Å². The first kappa shape index (κ1) is 15.1. The Hall–Kier alpha value is -2.76. The zero-order valence-electron chi connectivity index (χ0n) is 13.1. The van der Waals surface area contributed by atoms with Crippen LogP contribution in [0.25, 0.3) is 0 Å². The van der Waals surface area contributed by atoms with Crippen molar-refractivity contribution in [2.45, 2.75) is 26.4 Å². The van der Waals surface area contributed by atoms with Crippen LogP contribution < -0.4 is 14.9 Å². The fraction of sp³-hybridized carbons (Fsp3) is 0.294. The van der Waals surface area contributed by atoms with Crippen LogP contribution in [0.1, 0.15) is 35.5 Å². The van der Waals surface area contributed by atoms with Crippen molar-refractivity contribution >= 4 is 12.1 Å². The lowest BCUT2D eigenvalue weighted by Crippen LogP contribution is -2.17. The fourth-order valence-electron chi connectivity index (χ4n) is 2.53. The first-order valence-electron chi connectivity index (χ1n) is 7.60. The number of amides is 1. The van der Waals surface area contributed by atoms with Gasteiger partial charge in [-0.05, 0) is 38.1 Å². The number of rotatable bonds is 5. The Morgan fingerprint density at radius 1 is 1.57 bits per heavy atom. The SMILES string of the molecule is CCOc1cc2c(cc1/C=N\NC(=O)c1ccc[nH]1)O[C@@H](C)C2. The number of carbonyl (C=O) groups excluding carboxylic acids is 1. The summed E-state index contributed by atoms with van der Waals surface area (Å²) in [5, 5.41) is 4.00. The molecule has 1 aliphatic heterocycles. The van der Waals surface area contributed by atoms with Crippen molar-refractivity contribution in [3.05, 3.63) is 47.3 Å². The van der Waals surface area contributed by atoms with Gasteiger partial charge < -0.3 is 14.5 Å². The van der Waals surface area contributed by atoms with E-state index in [1.54, 1.807) is 24.5 Å². The van der Waals surface area contributed by atoms with Crippen LogP contribution in [0.4, 0.5) is 0 Å². The van der Waals surface area contributed by atoms with E-state index in [0.29, 0.717) is 12.3 Å². The lowest BCUT2D eigenvalue weighted by atomic mass is 10.1. The Bertz CT molecular complexity index is 723. The molecule has 6 nitrogen and oxygen atoms in total. The summed E-state index contributed by atoms with van der Waals surface area (Å²) in [6.45, 7) is 4.52. The van der Waals surface area contributed by atoms with Gasteiger partial charge in [0, 0.05) is 23.7 Å². The van der Waals surface area contributed by atoms with E-state index in [9.17, 15) is 4.79 Å². The molecule has 2 aromatic rings. The molecule has 6 heteroatoms. The number of nitrogens with one attached hydrogen (secondary N) is 2. The number of carbonyl (C=O) groups is 1. The van der Waals surface area contributed by atoms with E-state index in [-0.39, 0.29) is 12.0 Å². The molecule has 0 bridgehead atoms. The summed E-state index contributed by atoms with van der Waals surface area (Å²) in [7, 11) is 0. The van der Waals surface area contributed by atoms with E-state index in [4.69, 9.17) is 9.47 Å². The molecule has 1 amide bonds. The van der Waals surface area contributed by atoms with Gasteiger partial charge >= 0.3 is 0 Å². The molecule has 0 saturated heterocycles. The van der Waals surface area contributed by atoms with Crippen molar-refractivity contribution < 1.29 is 14.3 Å². The molecule has 3 rings (SSSR count). The van der Waals surface area contributed by atoms with Gasteiger partial charge in [-0.2, -0.15) is 5.10 Å². The molecule has 1 aromatic carbocycles. The van der Waals surface area contributed by atoms with Gasteiger partial charge in [0.15, 0.2) is 0 Å². The molecule has 0 saturated carbocycles. The van der Waals surface area contributed by atoms with E-state index in [2.05, 4.69) is 15.5 Å². The minimum atomic E-state index is -0.296. The van der Waals surface area contributed by atoms with Crippen LogP contribution in [0.2, 0.25) is 0 Å². The summed E-state index contributed by atoms with van der Waals surface area (Å²) in [6, 6.07) is 7.32. The molecule has 0 fully saturated rings.